The topological polar surface area (TPSA) is 28.6 Å². The van der Waals surface area contributed by atoms with Gasteiger partial charge in [0.2, 0.25) is 0 Å². The molecule has 7 heteroatoms. The maximum Gasteiger partial charge on any atom is 0.280 e. The van der Waals surface area contributed by atoms with Crippen molar-refractivity contribution in [2.45, 2.75) is 49.0 Å². The summed E-state index contributed by atoms with van der Waals surface area (Å²) >= 11 is 1.73. The minimum absolute atomic E-state index is 0.0777. The Labute approximate surface area is 162 Å². The van der Waals surface area contributed by atoms with Gasteiger partial charge in [-0.25, -0.2) is 13.1 Å². The van der Waals surface area contributed by atoms with Gasteiger partial charge in [-0.2, -0.15) is 0 Å². The van der Waals surface area contributed by atoms with Crippen LogP contribution in [0.15, 0.2) is 17.0 Å². The van der Waals surface area contributed by atoms with Crippen LogP contribution in [0.2, 0.25) is 0 Å². The molecule has 4 nitrogen and oxygen atoms in total. The van der Waals surface area contributed by atoms with Crippen LogP contribution in [-0.4, -0.2) is 59.6 Å². The monoisotopic (exact) mass is 393 g/mol. The van der Waals surface area contributed by atoms with E-state index >= 15 is 0 Å². The van der Waals surface area contributed by atoms with Crippen molar-refractivity contribution in [3.05, 3.63) is 23.5 Å². The van der Waals surface area contributed by atoms with Crippen LogP contribution in [0.4, 0.5) is 8.78 Å². The number of pyridine rings is 1. The van der Waals surface area contributed by atoms with Crippen molar-refractivity contribution >= 4 is 11.9 Å². The van der Waals surface area contributed by atoms with E-state index in [2.05, 4.69) is 14.2 Å². The van der Waals surface area contributed by atoms with Crippen LogP contribution in [-0.2, 0) is 4.74 Å². The summed E-state index contributed by atoms with van der Waals surface area (Å²) in [5.41, 5.74) is 1.84. The maximum atomic E-state index is 13.0. The predicted octanol–water partition coefficient (Wildman–Crippen LogP) is 3.70. The van der Waals surface area contributed by atoms with Crippen LogP contribution < -0.4 is 0 Å². The van der Waals surface area contributed by atoms with Gasteiger partial charge in [-0.15, -0.1) is 0 Å². The SMILES string of the molecule is FC(F)c1ccc(SN2CC3(C2)CN(C2CC4(COC4)C2)C3)c(C2CC2)n1. The van der Waals surface area contributed by atoms with E-state index in [1.54, 1.807) is 11.9 Å². The smallest absolute Gasteiger partial charge is 0.280 e. The molecule has 5 fully saturated rings. The Morgan fingerprint density at radius 3 is 2.41 bits per heavy atom. The van der Waals surface area contributed by atoms with Gasteiger partial charge in [0.15, 0.2) is 0 Å². The zero-order chi connectivity index (χ0) is 18.2. The molecule has 3 saturated heterocycles. The largest absolute Gasteiger partial charge is 0.380 e. The third-order valence-corrected chi connectivity index (χ3v) is 8.15. The number of ether oxygens (including phenoxy) is 1. The number of aromatic nitrogens is 1. The summed E-state index contributed by atoms with van der Waals surface area (Å²) in [5, 5.41) is 0. The number of nitrogens with zero attached hydrogens (tertiary/aromatic N) is 3. The molecule has 1 aromatic heterocycles. The third kappa shape index (κ3) is 2.84. The summed E-state index contributed by atoms with van der Waals surface area (Å²) in [5.74, 6) is 0.391. The van der Waals surface area contributed by atoms with Crippen LogP contribution in [0.3, 0.4) is 0 Å². The summed E-state index contributed by atoms with van der Waals surface area (Å²) in [6.07, 6.45) is 2.34. The summed E-state index contributed by atoms with van der Waals surface area (Å²) in [4.78, 5) is 8.03. The van der Waals surface area contributed by atoms with Crippen molar-refractivity contribution < 1.29 is 13.5 Å². The summed E-state index contributed by atoms with van der Waals surface area (Å²) in [6, 6.07) is 4.14. The minimum atomic E-state index is -2.48. The zero-order valence-corrected chi connectivity index (χ0v) is 16.2. The lowest BCUT2D eigenvalue weighted by Gasteiger charge is -2.66. The third-order valence-electron chi connectivity index (χ3n) is 7.09. The highest BCUT2D eigenvalue weighted by molar-refractivity contribution is 7.97. The lowest BCUT2D eigenvalue weighted by atomic mass is 9.61. The first-order chi connectivity index (χ1) is 13.0. The lowest BCUT2D eigenvalue weighted by molar-refractivity contribution is -0.211. The van der Waals surface area contributed by atoms with Crippen molar-refractivity contribution in [2.24, 2.45) is 10.8 Å². The van der Waals surface area contributed by atoms with Crippen LogP contribution in [0.5, 0.6) is 0 Å². The first-order valence-corrected chi connectivity index (χ1v) is 10.8. The molecule has 27 heavy (non-hydrogen) atoms. The van der Waals surface area contributed by atoms with Gasteiger partial charge < -0.3 is 4.74 Å². The zero-order valence-electron chi connectivity index (χ0n) is 15.4. The molecular formula is C20H25F2N3OS. The number of rotatable bonds is 5. The Bertz CT molecular complexity index is 746. The number of alkyl halides is 2. The van der Waals surface area contributed by atoms with Crippen molar-refractivity contribution in [1.29, 1.82) is 0 Å². The molecule has 0 amide bonds. The van der Waals surface area contributed by atoms with E-state index in [1.807, 2.05) is 6.07 Å². The molecular weight excluding hydrogens is 368 g/mol. The molecule has 2 saturated carbocycles. The van der Waals surface area contributed by atoms with E-state index in [0.717, 1.165) is 55.8 Å². The van der Waals surface area contributed by atoms with E-state index in [0.29, 0.717) is 16.7 Å². The van der Waals surface area contributed by atoms with Crippen molar-refractivity contribution in [3.63, 3.8) is 0 Å². The molecule has 3 aliphatic heterocycles. The van der Waals surface area contributed by atoms with Gasteiger partial charge in [-0.05, 0) is 49.8 Å². The standard InChI is InChI=1S/C20H25F2N3OS/c21-18(22)15-3-4-16(17(23-15)13-1-2-13)27-25-9-20(10-25)7-24(8-20)14-5-19(6-14)11-26-12-19/h3-4,13-14,18H,1-2,5-12H2. The maximum absolute atomic E-state index is 13.0. The molecule has 1 aromatic rings. The summed E-state index contributed by atoms with van der Waals surface area (Å²) in [7, 11) is 0. The number of hydrogen-bond acceptors (Lipinski definition) is 5. The Kier molecular flexibility index (Phi) is 3.73. The lowest BCUT2D eigenvalue weighted by Crippen LogP contribution is -2.74. The summed E-state index contributed by atoms with van der Waals surface area (Å²) in [6.45, 7) is 6.63. The molecule has 0 unspecified atom stereocenters. The van der Waals surface area contributed by atoms with Crippen molar-refractivity contribution in [3.8, 4) is 0 Å². The van der Waals surface area contributed by atoms with Gasteiger partial charge in [0, 0.05) is 53.9 Å². The molecule has 146 valence electrons. The van der Waals surface area contributed by atoms with Gasteiger partial charge >= 0.3 is 0 Å². The van der Waals surface area contributed by atoms with Crippen LogP contribution in [0.25, 0.3) is 0 Å². The fourth-order valence-corrected chi connectivity index (χ4v) is 6.72. The highest BCUT2D eigenvalue weighted by atomic mass is 32.2. The average molecular weight is 394 g/mol. The predicted molar refractivity (Wildman–Crippen MR) is 98.9 cm³/mol. The number of halogens is 2. The van der Waals surface area contributed by atoms with Gasteiger partial charge in [0.05, 0.1) is 18.9 Å². The molecule has 2 spiro atoms. The fraction of sp³-hybridized carbons (Fsp3) is 0.750. The second kappa shape index (κ2) is 5.88. The van der Waals surface area contributed by atoms with Gasteiger partial charge in [0.25, 0.3) is 6.43 Å². The normalized spacial score (nSPS) is 29.4. The quantitative estimate of drug-likeness (QED) is 0.712. The van der Waals surface area contributed by atoms with Crippen molar-refractivity contribution in [2.75, 3.05) is 39.4 Å². The van der Waals surface area contributed by atoms with Crippen LogP contribution in [0, 0.1) is 10.8 Å². The molecule has 2 aliphatic carbocycles. The van der Waals surface area contributed by atoms with E-state index in [-0.39, 0.29) is 5.69 Å². The van der Waals surface area contributed by atoms with Gasteiger partial charge in [-0.1, -0.05) is 0 Å². The summed E-state index contributed by atoms with van der Waals surface area (Å²) < 4.78 is 33.7. The Balaban J connectivity index is 1.03. The first-order valence-electron chi connectivity index (χ1n) is 10.1. The Hall–Kier alpha value is -0.760. The highest BCUT2D eigenvalue weighted by Crippen LogP contribution is 2.54. The van der Waals surface area contributed by atoms with Crippen molar-refractivity contribution in [1.82, 2.24) is 14.2 Å². The molecule has 0 aromatic carbocycles. The number of likely N-dealkylation sites (tertiary alicyclic amines) is 1. The van der Waals surface area contributed by atoms with Crippen LogP contribution >= 0.6 is 11.9 Å². The van der Waals surface area contributed by atoms with Crippen LogP contribution in [0.1, 0.15) is 49.4 Å². The van der Waals surface area contributed by atoms with Gasteiger partial charge in [0.1, 0.15) is 5.69 Å². The second-order valence-corrected chi connectivity index (χ2v) is 10.7. The Morgan fingerprint density at radius 1 is 1.07 bits per heavy atom. The average Bonchev–Trinajstić information content (AvgIpc) is 3.31. The first kappa shape index (κ1) is 17.1. The van der Waals surface area contributed by atoms with E-state index in [4.69, 9.17) is 4.74 Å². The molecule has 0 bridgehead atoms. The molecule has 6 rings (SSSR count). The number of hydrogen-bond donors (Lipinski definition) is 0. The second-order valence-electron chi connectivity index (χ2n) is 9.54. The van der Waals surface area contributed by atoms with E-state index in [9.17, 15) is 8.78 Å². The minimum Gasteiger partial charge on any atom is -0.380 e. The molecule has 0 radical (unpaired) electrons. The highest BCUT2D eigenvalue weighted by Gasteiger charge is 2.58. The fourth-order valence-electron chi connectivity index (χ4n) is 5.33. The molecule has 4 heterocycles. The molecule has 0 atom stereocenters. The molecule has 0 N–H and O–H groups in total. The van der Waals surface area contributed by atoms with E-state index < -0.39 is 6.43 Å². The van der Waals surface area contributed by atoms with E-state index in [1.165, 1.54) is 32.0 Å². The Morgan fingerprint density at radius 2 is 1.81 bits per heavy atom. The molecule has 5 aliphatic rings. The van der Waals surface area contributed by atoms with Gasteiger partial charge in [-0.3, -0.25) is 9.88 Å².